The molecule has 2 fully saturated rings. The van der Waals surface area contributed by atoms with Crippen molar-refractivity contribution < 1.29 is 37.3 Å². The summed E-state index contributed by atoms with van der Waals surface area (Å²) < 4.78 is 54.9. The van der Waals surface area contributed by atoms with E-state index >= 15 is 0 Å². The van der Waals surface area contributed by atoms with E-state index in [1.165, 1.54) is 30.4 Å². The number of halogens is 3. The molecule has 1 saturated carbocycles. The summed E-state index contributed by atoms with van der Waals surface area (Å²) in [6, 6.07) is 9.07. The van der Waals surface area contributed by atoms with Crippen LogP contribution in [0, 0.1) is 5.92 Å². The summed E-state index contributed by atoms with van der Waals surface area (Å²) >= 11 is 0. The molecule has 1 spiro atoms. The summed E-state index contributed by atoms with van der Waals surface area (Å²) in [4.78, 5) is 18.1. The van der Waals surface area contributed by atoms with Gasteiger partial charge in [-0.15, -0.1) is 19.8 Å². The number of carbonyl (C=O) groups is 1. The zero-order valence-electron chi connectivity index (χ0n) is 25.3. The summed E-state index contributed by atoms with van der Waals surface area (Å²) in [6.07, 6.45) is 1.86. The lowest BCUT2D eigenvalue weighted by Crippen LogP contribution is -2.78. The number of ether oxygens (including phenoxy) is 3. The smallest absolute Gasteiger partial charge is 0.493 e. The van der Waals surface area contributed by atoms with Crippen molar-refractivity contribution in [3.8, 4) is 17.2 Å². The summed E-state index contributed by atoms with van der Waals surface area (Å²) in [6.45, 7) is 9.91. The highest BCUT2D eigenvalue weighted by Gasteiger charge is 2.73. The molecule has 7 nitrogen and oxygen atoms in total. The SMILES string of the molecule is C=CCN1CC[C@]23c4c5ccc(OC)c4OC2C(N(CC(C)C)C(=O)/C=C/c2cccc(OC(F)(F)F)c2)CC[C@@]3(O)[C@H]1C5. The highest BCUT2D eigenvalue weighted by atomic mass is 19.4. The van der Waals surface area contributed by atoms with Crippen molar-refractivity contribution in [2.45, 2.75) is 75.1 Å². The van der Waals surface area contributed by atoms with E-state index in [-0.39, 0.29) is 29.7 Å². The number of aliphatic hydroxyl groups is 1. The van der Waals surface area contributed by atoms with Gasteiger partial charge in [-0.3, -0.25) is 9.69 Å². The zero-order valence-corrected chi connectivity index (χ0v) is 25.3. The van der Waals surface area contributed by atoms with Crippen LogP contribution in [0.25, 0.3) is 6.08 Å². The highest BCUT2D eigenvalue weighted by molar-refractivity contribution is 5.92. The van der Waals surface area contributed by atoms with E-state index in [1.807, 2.05) is 30.9 Å². The molecule has 2 heterocycles. The Kier molecular flexibility index (Phi) is 7.73. The van der Waals surface area contributed by atoms with Crippen LogP contribution in [0.4, 0.5) is 13.2 Å². The monoisotopic (exact) mass is 612 g/mol. The van der Waals surface area contributed by atoms with Crippen molar-refractivity contribution in [3.05, 3.63) is 71.8 Å². The lowest BCUT2D eigenvalue weighted by Gasteiger charge is -2.64. The highest BCUT2D eigenvalue weighted by Crippen LogP contribution is 2.66. The molecule has 1 saturated heterocycles. The fourth-order valence-electron chi connectivity index (χ4n) is 8.32. The van der Waals surface area contributed by atoms with Crippen LogP contribution < -0.4 is 14.2 Å². The van der Waals surface area contributed by atoms with Crippen LogP contribution >= 0.6 is 0 Å². The number of hydrogen-bond acceptors (Lipinski definition) is 6. The number of likely N-dealkylation sites (tertiary alicyclic amines) is 1. The van der Waals surface area contributed by atoms with Crippen molar-refractivity contribution >= 4 is 12.0 Å². The quantitative estimate of drug-likeness (QED) is 0.298. The minimum atomic E-state index is -4.81. The maximum absolute atomic E-state index is 14.0. The minimum absolute atomic E-state index is 0.117. The van der Waals surface area contributed by atoms with Crippen molar-refractivity contribution in [3.63, 3.8) is 0 Å². The molecule has 4 aliphatic rings. The third-order valence-electron chi connectivity index (χ3n) is 9.87. The molecule has 10 heteroatoms. The largest absolute Gasteiger partial charge is 0.573 e. The van der Waals surface area contributed by atoms with E-state index in [4.69, 9.17) is 9.47 Å². The van der Waals surface area contributed by atoms with Gasteiger partial charge in [-0.1, -0.05) is 38.1 Å². The Morgan fingerprint density at radius 3 is 2.77 bits per heavy atom. The first-order valence-corrected chi connectivity index (χ1v) is 15.2. The molecule has 2 aliphatic carbocycles. The van der Waals surface area contributed by atoms with Gasteiger partial charge >= 0.3 is 6.36 Å². The number of rotatable bonds is 9. The van der Waals surface area contributed by atoms with Crippen molar-refractivity contribution in [2.24, 2.45) is 5.92 Å². The van der Waals surface area contributed by atoms with Gasteiger partial charge in [0.15, 0.2) is 11.5 Å². The van der Waals surface area contributed by atoms with Gasteiger partial charge in [0.25, 0.3) is 0 Å². The Bertz CT molecular complexity index is 1480. The Morgan fingerprint density at radius 2 is 2.07 bits per heavy atom. The predicted molar refractivity (Wildman–Crippen MR) is 160 cm³/mol. The molecule has 2 bridgehead atoms. The lowest BCUT2D eigenvalue weighted by molar-refractivity contribution is -0.274. The van der Waals surface area contributed by atoms with Crippen LogP contribution in [0.3, 0.4) is 0 Å². The van der Waals surface area contributed by atoms with Crippen LogP contribution in [0.2, 0.25) is 0 Å². The summed E-state index contributed by atoms with van der Waals surface area (Å²) in [5.74, 6) is 0.786. The van der Waals surface area contributed by atoms with Gasteiger partial charge in [-0.2, -0.15) is 0 Å². The molecular formula is C34H39F3N2O5. The Balaban J connectivity index is 1.37. The van der Waals surface area contributed by atoms with Gasteiger partial charge in [-0.05, 0) is 73.5 Å². The number of methoxy groups -OCH3 is 1. The molecule has 0 aromatic heterocycles. The van der Waals surface area contributed by atoms with Crippen molar-refractivity contribution in [2.75, 3.05) is 26.7 Å². The van der Waals surface area contributed by atoms with Gasteiger partial charge in [0, 0.05) is 30.8 Å². The molecule has 1 N–H and O–H groups in total. The number of amides is 1. The topological polar surface area (TPSA) is 71.5 Å². The fraction of sp³-hybridized carbons (Fsp3) is 0.500. The second-order valence-corrected chi connectivity index (χ2v) is 12.8. The number of hydrogen-bond donors (Lipinski definition) is 1. The van der Waals surface area contributed by atoms with Gasteiger partial charge in [0.05, 0.1) is 24.2 Å². The molecule has 6 rings (SSSR count). The van der Waals surface area contributed by atoms with E-state index in [0.717, 1.165) is 17.7 Å². The van der Waals surface area contributed by atoms with Crippen molar-refractivity contribution in [1.29, 1.82) is 0 Å². The predicted octanol–water partition coefficient (Wildman–Crippen LogP) is 5.50. The molecule has 1 amide bonds. The van der Waals surface area contributed by atoms with Crippen LogP contribution in [-0.4, -0.2) is 77.7 Å². The molecule has 0 radical (unpaired) electrons. The molecular weight excluding hydrogens is 573 g/mol. The van der Waals surface area contributed by atoms with Crippen LogP contribution in [0.5, 0.6) is 17.2 Å². The molecule has 44 heavy (non-hydrogen) atoms. The number of piperidine rings is 1. The molecule has 236 valence electrons. The third kappa shape index (κ3) is 4.86. The summed E-state index contributed by atoms with van der Waals surface area (Å²) in [7, 11) is 1.61. The normalized spacial score (nSPS) is 28.9. The average Bonchev–Trinajstić information content (AvgIpc) is 3.31. The zero-order chi connectivity index (χ0) is 31.4. The van der Waals surface area contributed by atoms with Gasteiger partial charge < -0.3 is 24.2 Å². The standard InChI is InChI=1S/C34H39F3N2O5/c1-5-16-38-17-15-32-29-23-10-11-26(42-4)30(29)43-31(32)25(13-14-33(32,41)27(38)19-23)39(20-21(2)3)28(40)12-9-22-7-6-8-24(18-22)44-34(35,36)37/h5-12,18,21,25,27,31,41H,1,13-17,19-20H2,2-4H3/b12-9+/t25?,27-,31?,32+,33-/m1/s1. The van der Waals surface area contributed by atoms with E-state index in [0.29, 0.717) is 55.8 Å². The first-order valence-electron chi connectivity index (χ1n) is 15.2. The third-order valence-corrected chi connectivity index (χ3v) is 9.87. The van der Waals surface area contributed by atoms with Gasteiger partial charge in [0.2, 0.25) is 5.91 Å². The van der Waals surface area contributed by atoms with E-state index < -0.39 is 23.5 Å². The fourth-order valence-corrected chi connectivity index (χ4v) is 8.32. The second kappa shape index (κ2) is 11.1. The molecule has 2 aliphatic heterocycles. The van der Waals surface area contributed by atoms with Gasteiger partial charge in [0.1, 0.15) is 11.9 Å². The number of alkyl halides is 3. The Hall–Kier alpha value is -3.50. The number of nitrogens with zero attached hydrogens (tertiary/aromatic N) is 2. The van der Waals surface area contributed by atoms with Gasteiger partial charge in [-0.25, -0.2) is 0 Å². The van der Waals surface area contributed by atoms with Crippen LogP contribution in [0.15, 0.2) is 55.1 Å². The van der Waals surface area contributed by atoms with Crippen LogP contribution in [0.1, 0.15) is 49.8 Å². The molecule has 2 aromatic rings. The Labute approximate surface area is 255 Å². The first-order chi connectivity index (χ1) is 20.9. The van der Waals surface area contributed by atoms with Crippen molar-refractivity contribution in [1.82, 2.24) is 9.80 Å². The molecule has 2 unspecified atom stereocenters. The average molecular weight is 613 g/mol. The number of carbonyl (C=O) groups excluding carboxylic acids is 1. The minimum Gasteiger partial charge on any atom is -0.493 e. The number of benzene rings is 2. The maximum atomic E-state index is 14.0. The maximum Gasteiger partial charge on any atom is 0.573 e. The Morgan fingerprint density at radius 1 is 1.27 bits per heavy atom. The molecule has 5 atom stereocenters. The summed E-state index contributed by atoms with van der Waals surface area (Å²) in [5, 5.41) is 12.7. The van der Waals surface area contributed by atoms with Crippen LogP contribution in [-0.2, 0) is 16.6 Å². The van der Waals surface area contributed by atoms with E-state index in [1.54, 1.807) is 13.2 Å². The second-order valence-electron chi connectivity index (χ2n) is 12.8. The van der Waals surface area contributed by atoms with E-state index in [2.05, 4.69) is 22.3 Å². The molecule has 2 aromatic carbocycles. The first kappa shape index (κ1) is 30.5. The lowest BCUT2D eigenvalue weighted by atomic mass is 9.48. The summed E-state index contributed by atoms with van der Waals surface area (Å²) in [5.41, 5.74) is 0.761. The van der Waals surface area contributed by atoms with E-state index in [9.17, 15) is 23.1 Å².